The zero-order chi connectivity index (χ0) is 10.8. The summed E-state index contributed by atoms with van der Waals surface area (Å²) < 4.78 is 1.70. The number of hydrogen-bond acceptors (Lipinski definition) is 2. The van der Waals surface area contributed by atoms with Gasteiger partial charge in [-0.1, -0.05) is 29.8 Å². The number of aromatic nitrogens is 2. The van der Waals surface area contributed by atoms with Crippen LogP contribution in [0.4, 0.5) is 0 Å². The second kappa shape index (κ2) is 3.87. The van der Waals surface area contributed by atoms with Crippen LogP contribution in [0.15, 0.2) is 30.5 Å². The highest BCUT2D eigenvalue weighted by Crippen LogP contribution is 2.23. The lowest BCUT2D eigenvalue weighted by atomic mass is 10.1. The van der Waals surface area contributed by atoms with Gasteiger partial charge in [0, 0.05) is 12.6 Å². The number of aliphatic hydroxyl groups is 1. The third kappa shape index (κ3) is 1.78. The Morgan fingerprint density at radius 3 is 2.53 bits per heavy atom. The molecule has 0 aliphatic carbocycles. The first-order valence-corrected chi connectivity index (χ1v) is 4.91. The molecule has 0 spiro atoms. The molecule has 0 aliphatic rings. The summed E-state index contributed by atoms with van der Waals surface area (Å²) in [5.74, 6) is 0. The van der Waals surface area contributed by atoms with Gasteiger partial charge in [-0.15, -0.1) is 0 Å². The maximum atomic E-state index is 9.24. The molecule has 3 nitrogen and oxygen atoms in total. The number of aryl methyl sites for hydroxylation is 2. The standard InChI is InChI=1S/C12H14N2O/c1-9-3-5-10(6-4-9)11-7-13-14(2)12(11)8-15/h3-7,15H,8H2,1-2H3. The van der Waals surface area contributed by atoms with E-state index in [1.807, 2.05) is 19.2 Å². The van der Waals surface area contributed by atoms with Crippen molar-refractivity contribution < 1.29 is 5.11 Å². The Kier molecular flexibility index (Phi) is 2.56. The van der Waals surface area contributed by atoms with E-state index < -0.39 is 0 Å². The first kappa shape index (κ1) is 9.93. The first-order valence-electron chi connectivity index (χ1n) is 4.91. The zero-order valence-corrected chi connectivity index (χ0v) is 8.94. The molecule has 0 aliphatic heterocycles. The van der Waals surface area contributed by atoms with Gasteiger partial charge in [0.05, 0.1) is 18.5 Å². The molecule has 1 N–H and O–H groups in total. The molecule has 0 atom stereocenters. The van der Waals surface area contributed by atoms with Gasteiger partial charge in [0.2, 0.25) is 0 Å². The fourth-order valence-electron chi connectivity index (χ4n) is 1.62. The molecule has 0 saturated heterocycles. The molecule has 0 bridgehead atoms. The Labute approximate surface area is 89.0 Å². The smallest absolute Gasteiger partial charge is 0.0856 e. The molecule has 3 heteroatoms. The van der Waals surface area contributed by atoms with Crippen LogP contribution in [-0.2, 0) is 13.7 Å². The van der Waals surface area contributed by atoms with Crippen LogP contribution in [-0.4, -0.2) is 14.9 Å². The van der Waals surface area contributed by atoms with Crippen LogP contribution in [0.2, 0.25) is 0 Å². The Bertz CT molecular complexity index is 457. The summed E-state index contributed by atoms with van der Waals surface area (Å²) in [7, 11) is 1.84. The normalized spacial score (nSPS) is 10.6. The van der Waals surface area contributed by atoms with Crippen molar-refractivity contribution in [2.75, 3.05) is 0 Å². The van der Waals surface area contributed by atoms with Crippen molar-refractivity contribution in [1.29, 1.82) is 0 Å². The van der Waals surface area contributed by atoms with E-state index in [0.717, 1.165) is 16.8 Å². The van der Waals surface area contributed by atoms with Crippen molar-refractivity contribution in [1.82, 2.24) is 9.78 Å². The Morgan fingerprint density at radius 2 is 1.93 bits per heavy atom. The second-order valence-corrected chi connectivity index (χ2v) is 3.65. The highest BCUT2D eigenvalue weighted by Gasteiger charge is 2.08. The minimum Gasteiger partial charge on any atom is -0.390 e. The van der Waals surface area contributed by atoms with Crippen molar-refractivity contribution in [3.63, 3.8) is 0 Å². The van der Waals surface area contributed by atoms with E-state index in [1.165, 1.54) is 5.56 Å². The predicted octanol–water partition coefficient (Wildman–Crippen LogP) is 1.89. The lowest BCUT2D eigenvalue weighted by Gasteiger charge is -2.03. The molecule has 1 aromatic heterocycles. The Balaban J connectivity index is 2.49. The molecule has 0 saturated carbocycles. The number of hydrogen-bond donors (Lipinski definition) is 1. The van der Waals surface area contributed by atoms with Gasteiger partial charge in [-0.2, -0.15) is 5.10 Å². The summed E-state index contributed by atoms with van der Waals surface area (Å²) >= 11 is 0. The van der Waals surface area contributed by atoms with E-state index in [0.29, 0.717) is 0 Å². The lowest BCUT2D eigenvalue weighted by molar-refractivity contribution is 0.271. The third-order valence-electron chi connectivity index (χ3n) is 2.57. The van der Waals surface area contributed by atoms with Crippen molar-refractivity contribution in [2.45, 2.75) is 13.5 Å². The highest BCUT2D eigenvalue weighted by molar-refractivity contribution is 5.65. The molecule has 0 radical (unpaired) electrons. The molecule has 1 heterocycles. The van der Waals surface area contributed by atoms with Crippen LogP contribution >= 0.6 is 0 Å². The van der Waals surface area contributed by atoms with Crippen LogP contribution in [0, 0.1) is 6.92 Å². The van der Waals surface area contributed by atoms with E-state index in [-0.39, 0.29) is 6.61 Å². The van der Waals surface area contributed by atoms with Crippen molar-refractivity contribution in [3.8, 4) is 11.1 Å². The average Bonchev–Trinajstić information content (AvgIpc) is 2.61. The van der Waals surface area contributed by atoms with Crippen LogP contribution < -0.4 is 0 Å². The summed E-state index contributed by atoms with van der Waals surface area (Å²) in [5.41, 5.74) is 4.17. The van der Waals surface area contributed by atoms with Crippen LogP contribution in [0.3, 0.4) is 0 Å². The number of aliphatic hydroxyl groups excluding tert-OH is 1. The van der Waals surface area contributed by atoms with Gasteiger partial charge in [-0.25, -0.2) is 0 Å². The second-order valence-electron chi connectivity index (χ2n) is 3.65. The van der Waals surface area contributed by atoms with E-state index in [1.54, 1.807) is 10.9 Å². The number of benzene rings is 1. The Hall–Kier alpha value is -1.61. The van der Waals surface area contributed by atoms with Gasteiger partial charge >= 0.3 is 0 Å². The van der Waals surface area contributed by atoms with Crippen LogP contribution in [0.1, 0.15) is 11.3 Å². The summed E-state index contributed by atoms with van der Waals surface area (Å²) in [4.78, 5) is 0. The fourth-order valence-corrected chi connectivity index (χ4v) is 1.62. The van der Waals surface area contributed by atoms with E-state index in [4.69, 9.17) is 0 Å². The zero-order valence-electron chi connectivity index (χ0n) is 8.94. The highest BCUT2D eigenvalue weighted by atomic mass is 16.3. The molecule has 2 rings (SSSR count). The summed E-state index contributed by atoms with van der Waals surface area (Å²) in [6.45, 7) is 2.07. The molecule has 0 fully saturated rings. The molecule has 0 unspecified atom stereocenters. The van der Waals surface area contributed by atoms with Crippen LogP contribution in [0.5, 0.6) is 0 Å². The maximum Gasteiger partial charge on any atom is 0.0856 e. The molecular formula is C12H14N2O. The van der Waals surface area contributed by atoms with Crippen molar-refractivity contribution in [3.05, 3.63) is 41.7 Å². The lowest BCUT2D eigenvalue weighted by Crippen LogP contribution is -1.98. The maximum absolute atomic E-state index is 9.24. The van der Waals surface area contributed by atoms with E-state index in [2.05, 4.69) is 24.2 Å². The predicted molar refractivity (Wildman–Crippen MR) is 59.3 cm³/mol. The first-order chi connectivity index (χ1) is 7.22. The van der Waals surface area contributed by atoms with Gasteiger partial charge in [0.25, 0.3) is 0 Å². The van der Waals surface area contributed by atoms with Gasteiger partial charge in [0.15, 0.2) is 0 Å². The third-order valence-corrected chi connectivity index (χ3v) is 2.57. The summed E-state index contributed by atoms with van der Waals surface area (Å²) in [6, 6.07) is 8.21. The summed E-state index contributed by atoms with van der Waals surface area (Å²) in [5, 5.41) is 13.4. The summed E-state index contributed by atoms with van der Waals surface area (Å²) in [6.07, 6.45) is 1.79. The van der Waals surface area contributed by atoms with Gasteiger partial charge in [-0.05, 0) is 12.5 Å². The molecule has 1 aromatic carbocycles. The van der Waals surface area contributed by atoms with Gasteiger partial charge in [-0.3, -0.25) is 4.68 Å². The number of rotatable bonds is 2. The monoisotopic (exact) mass is 202 g/mol. The van der Waals surface area contributed by atoms with Crippen LogP contribution in [0.25, 0.3) is 11.1 Å². The molecule has 0 amide bonds. The number of nitrogens with zero attached hydrogens (tertiary/aromatic N) is 2. The molecule has 15 heavy (non-hydrogen) atoms. The Morgan fingerprint density at radius 1 is 1.27 bits per heavy atom. The SMILES string of the molecule is Cc1ccc(-c2cnn(C)c2CO)cc1. The van der Waals surface area contributed by atoms with Crippen molar-refractivity contribution in [2.24, 2.45) is 7.05 Å². The van der Waals surface area contributed by atoms with E-state index >= 15 is 0 Å². The van der Waals surface area contributed by atoms with Crippen molar-refractivity contribution >= 4 is 0 Å². The minimum absolute atomic E-state index is 0.0136. The van der Waals surface area contributed by atoms with E-state index in [9.17, 15) is 5.11 Å². The topological polar surface area (TPSA) is 38.0 Å². The van der Waals surface area contributed by atoms with Gasteiger partial charge < -0.3 is 5.11 Å². The largest absolute Gasteiger partial charge is 0.390 e. The van der Waals surface area contributed by atoms with Gasteiger partial charge in [0.1, 0.15) is 0 Å². The quantitative estimate of drug-likeness (QED) is 0.807. The fraction of sp³-hybridized carbons (Fsp3) is 0.250. The minimum atomic E-state index is 0.0136. The molecule has 2 aromatic rings. The molecule has 78 valence electrons. The average molecular weight is 202 g/mol. The molecular weight excluding hydrogens is 188 g/mol.